The average Bonchev–Trinajstić information content (AvgIpc) is 2.36. The Kier molecular flexibility index (Phi) is 5.11. The molecule has 0 aliphatic heterocycles. The highest BCUT2D eigenvalue weighted by molar-refractivity contribution is 5.91. The number of rotatable bonds is 6. The van der Waals surface area contributed by atoms with Crippen molar-refractivity contribution in [1.82, 2.24) is 4.90 Å². The zero-order valence-corrected chi connectivity index (χ0v) is 10.4. The van der Waals surface area contributed by atoms with Crippen molar-refractivity contribution in [2.24, 2.45) is 0 Å². The van der Waals surface area contributed by atoms with Crippen LogP contribution in [0.25, 0.3) is 0 Å². The first-order valence-corrected chi connectivity index (χ1v) is 5.72. The smallest absolute Gasteiger partial charge is 0.335 e. The van der Waals surface area contributed by atoms with Crippen LogP contribution in [-0.4, -0.2) is 35.5 Å². The molecule has 0 spiro atoms. The average molecular weight is 247 g/mol. The number of carbonyl (C=O) groups is 2. The number of benzene rings is 1. The summed E-state index contributed by atoms with van der Waals surface area (Å²) in [6.45, 7) is 4.19. The lowest BCUT2D eigenvalue weighted by Crippen LogP contribution is -2.29. The van der Waals surface area contributed by atoms with E-state index in [1.54, 1.807) is 36.2 Å². The molecule has 1 aromatic rings. The second-order valence-corrected chi connectivity index (χ2v) is 4.03. The van der Waals surface area contributed by atoms with Crippen molar-refractivity contribution < 1.29 is 14.7 Å². The molecule has 0 fully saturated rings. The maximum Gasteiger partial charge on any atom is 0.335 e. The minimum Gasteiger partial charge on any atom is -0.478 e. The molecule has 1 rings (SSSR count). The summed E-state index contributed by atoms with van der Waals surface area (Å²) in [6, 6.07) is 6.56. The Hall–Kier alpha value is -2.10. The fourth-order valence-electron chi connectivity index (χ4n) is 1.59. The van der Waals surface area contributed by atoms with Gasteiger partial charge >= 0.3 is 5.97 Å². The van der Waals surface area contributed by atoms with Gasteiger partial charge in [0, 0.05) is 13.6 Å². The fraction of sp³-hybridized carbons (Fsp3) is 0.286. The van der Waals surface area contributed by atoms with Gasteiger partial charge in [-0.2, -0.15) is 0 Å². The molecule has 1 N–H and O–H groups in total. The van der Waals surface area contributed by atoms with Crippen molar-refractivity contribution in [1.29, 1.82) is 0 Å². The van der Waals surface area contributed by atoms with E-state index in [4.69, 9.17) is 5.11 Å². The summed E-state index contributed by atoms with van der Waals surface area (Å²) >= 11 is 0. The van der Waals surface area contributed by atoms with Gasteiger partial charge in [0.05, 0.1) is 12.0 Å². The lowest BCUT2D eigenvalue weighted by molar-refractivity contribution is -0.129. The summed E-state index contributed by atoms with van der Waals surface area (Å²) in [6.07, 6.45) is 2.58. The van der Waals surface area contributed by atoms with Gasteiger partial charge in [0.1, 0.15) is 0 Å². The third-order valence-corrected chi connectivity index (χ3v) is 2.68. The number of amides is 1. The highest BCUT2D eigenvalue weighted by Crippen LogP contribution is 2.10. The number of likely N-dealkylation sites (N-methyl/N-ethyl adjacent to an activating group) is 1. The molecule has 18 heavy (non-hydrogen) atoms. The van der Waals surface area contributed by atoms with Crippen LogP contribution in [0, 0.1) is 0 Å². The molecule has 1 amide bonds. The molecule has 0 saturated heterocycles. The lowest BCUT2D eigenvalue weighted by atomic mass is 10.0. The van der Waals surface area contributed by atoms with Crippen LogP contribution in [0.1, 0.15) is 22.3 Å². The van der Waals surface area contributed by atoms with Crippen LogP contribution in [0.5, 0.6) is 0 Å². The van der Waals surface area contributed by atoms with Crippen molar-refractivity contribution in [3.05, 3.63) is 48.0 Å². The van der Waals surface area contributed by atoms with E-state index in [9.17, 15) is 9.59 Å². The highest BCUT2D eigenvalue weighted by atomic mass is 16.4. The first-order valence-electron chi connectivity index (χ1n) is 5.72. The van der Waals surface area contributed by atoms with Crippen LogP contribution < -0.4 is 0 Å². The van der Waals surface area contributed by atoms with Gasteiger partial charge in [-0.1, -0.05) is 24.3 Å². The number of aromatic carboxylic acids is 1. The Morgan fingerprint density at radius 2 is 2.06 bits per heavy atom. The zero-order valence-electron chi connectivity index (χ0n) is 10.4. The molecule has 0 aliphatic rings. The van der Waals surface area contributed by atoms with E-state index in [1.165, 1.54) is 6.07 Å². The van der Waals surface area contributed by atoms with E-state index in [1.807, 2.05) is 0 Å². The van der Waals surface area contributed by atoms with Gasteiger partial charge in [0.2, 0.25) is 5.91 Å². The zero-order chi connectivity index (χ0) is 13.5. The molecule has 0 radical (unpaired) electrons. The van der Waals surface area contributed by atoms with E-state index in [0.717, 1.165) is 6.42 Å². The third kappa shape index (κ3) is 3.73. The molecule has 0 saturated carbocycles. The van der Waals surface area contributed by atoms with Crippen LogP contribution in [0.3, 0.4) is 0 Å². The fourth-order valence-corrected chi connectivity index (χ4v) is 1.59. The van der Waals surface area contributed by atoms with Gasteiger partial charge < -0.3 is 10.0 Å². The molecule has 0 atom stereocenters. The minimum absolute atomic E-state index is 0.0921. The predicted octanol–water partition coefficient (Wildman–Crippen LogP) is 1.96. The van der Waals surface area contributed by atoms with Gasteiger partial charge in [-0.25, -0.2) is 4.79 Å². The molecule has 4 nitrogen and oxygen atoms in total. The van der Waals surface area contributed by atoms with E-state index >= 15 is 0 Å². The minimum atomic E-state index is -1.01. The van der Waals surface area contributed by atoms with Gasteiger partial charge in [0.25, 0.3) is 0 Å². The second-order valence-electron chi connectivity index (χ2n) is 4.03. The molecule has 0 heterocycles. The Morgan fingerprint density at radius 1 is 1.39 bits per heavy atom. The summed E-state index contributed by atoms with van der Waals surface area (Å²) in [7, 11) is 1.70. The topological polar surface area (TPSA) is 57.6 Å². The first-order chi connectivity index (χ1) is 8.56. The summed E-state index contributed by atoms with van der Waals surface area (Å²) in [5, 5.41) is 9.02. The van der Waals surface area contributed by atoms with Crippen molar-refractivity contribution in [3.8, 4) is 0 Å². The molecule has 4 heteroatoms. The number of hydrogen-bond acceptors (Lipinski definition) is 2. The van der Waals surface area contributed by atoms with Crippen molar-refractivity contribution in [2.45, 2.75) is 12.8 Å². The maximum atomic E-state index is 11.9. The Balaban J connectivity index is 2.75. The van der Waals surface area contributed by atoms with Crippen LogP contribution in [0.4, 0.5) is 0 Å². The molecule has 1 aromatic carbocycles. The summed E-state index contributed by atoms with van der Waals surface area (Å²) in [4.78, 5) is 24.5. The number of carbonyl (C=O) groups excluding carboxylic acids is 1. The van der Waals surface area contributed by atoms with Gasteiger partial charge in [-0.15, -0.1) is 6.58 Å². The first kappa shape index (κ1) is 14.0. The second kappa shape index (κ2) is 6.59. The molecule has 96 valence electrons. The quantitative estimate of drug-likeness (QED) is 0.782. The molecule has 0 aromatic heterocycles. The molecular formula is C14H17NO3. The van der Waals surface area contributed by atoms with Crippen LogP contribution in [0.15, 0.2) is 36.9 Å². The Bertz CT molecular complexity index is 454. The SMILES string of the molecule is C=CCCN(C)C(=O)Cc1ccccc1C(=O)O. The van der Waals surface area contributed by atoms with Crippen LogP contribution in [0.2, 0.25) is 0 Å². The Labute approximate surface area is 107 Å². The van der Waals surface area contributed by atoms with Gasteiger partial charge in [-0.3, -0.25) is 4.79 Å². The largest absolute Gasteiger partial charge is 0.478 e. The predicted molar refractivity (Wildman–Crippen MR) is 69.6 cm³/mol. The van der Waals surface area contributed by atoms with Gasteiger partial charge in [-0.05, 0) is 18.1 Å². The number of nitrogens with zero attached hydrogens (tertiary/aromatic N) is 1. The standard InChI is InChI=1S/C14H17NO3/c1-3-4-9-15(2)13(16)10-11-7-5-6-8-12(11)14(17)18/h3,5-8H,1,4,9-10H2,2H3,(H,17,18). The molecule has 0 aliphatic carbocycles. The normalized spacial score (nSPS) is 9.83. The van der Waals surface area contributed by atoms with E-state index in [0.29, 0.717) is 12.1 Å². The summed E-state index contributed by atoms with van der Waals surface area (Å²) in [5.41, 5.74) is 0.725. The molecule has 0 bridgehead atoms. The van der Waals surface area contributed by atoms with Gasteiger partial charge in [0.15, 0.2) is 0 Å². The van der Waals surface area contributed by atoms with Crippen LogP contribution in [-0.2, 0) is 11.2 Å². The number of carboxylic acids is 1. The van der Waals surface area contributed by atoms with Crippen LogP contribution >= 0.6 is 0 Å². The highest BCUT2D eigenvalue weighted by Gasteiger charge is 2.14. The Morgan fingerprint density at radius 3 is 2.67 bits per heavy atom. The monoisotopic (exact) mass is 247 g/mol. The molecular weight excluding hydrogens is 230 g/mol. The van der Waals surface area contributed by atoms with Crippen molar-refractivity contribution >= 4 is 11.9 Å². The lowest BCUT2D eigenvalue weighted by Gasteiger charge is -2.16. The molecule has 0 unspecified atom stereocenters. The van der Waals surface area contributed by atoms with E-state index in [2.05, 4.69) is 6.58 Å². The third-order valence-electron chi connectivity index (χ3n) is 2.68. The van der Waals surface area contributed by atoms with Crippen molar-refractivity contribution in [3.63, 3.8) is 0 Å². The number of hydrogen-bond donors (Lipinski definition) is 1. The summed E-state index contributed by atoms with van der Waals surface area (Å²) < 4.78 is 0. The van der Waals surface area contributed by atoms with Crippen molar-refractivity contribution in [2.75, 3.05) is 13.6 Å². The van der Waals surface area contributed by atoms with E-state index < -0.39 is 5.97 Å². The summed E-state index contributed by atoms with van der Waals surface area (Å²) in [5.74, 6) is -1.10. The maximum absolute atomic E-state index is 11.9. The van der Waals surface area contributed by atoms with E-state index in [-0.39, 0.29) is 17.9 Å². The number of carboxylic acid groups (broad SMARTS) is 1.